The summed E-state index contributed by atoms with van der Waals surface area (Å²) in [5, 5.41) is 3.42. The number of alkyl halides is 2. The quantitative estimate of drug-likeness (QED) is 0.119. The van der Waals surface area contributed by atoms with E-state index in [1.54, 1.807) is 18.9 Å². The molecule has 1 saturated heterocycles. The Labute approximate surface area is 232 Å². The topological polar surface area (TPSA) is 57.2 Å². The van der Waals surface area contributed by atoms with Gasteiger partial charge in [0.25, 0.3) is 0 Å². The maximum atomic E-state index is 15.3. The summed E-state index contributed by atoms with van der Waals surface area (Å²) in [6.07, 6.45) is 6.37. The number of aromatic nitrogens is 3. The van der Waals surface area contributed by atoms with E-state index in [0.717, 1.165) is 49.3 Å². The molecule has 0 spiro atoms. The fourth-order valence-electron chi connectivity index (χ4n) is 3.96. The van der Waals surface area contributed by atoms with Crippen molar-refractivity contribution in [3.8, 4) is 0 Å². The van der Waals surface area contributed by atoms with E-state index in [-0.39, 0.29) is 10.7 Å². The van der Waals surface area contributed by atoms with Crippen molar-refractivity contribution in [3.63, 3.8) is 0 Å². The summed E-state index contributed by atoms with van der Waals surface area (Å²) >= 11 is 7.87. The molecule has 3 aromatic rings. The third-order valence-corrected chi connectivity index (χ3v) is 7.42. The summed E-state index contributed by atoms with van der Waals surface area (Å²) in [6, 6.07) is 10.9. The van der Waals surface area contributed by atoms with Gasteiger partial charge in [0, 0.05) is 48.9 Å². The SMILES string of the molecule is C=CCCCNc1ccc(SN2CCN(c3cc(C(F)(F)c4cnc(C(=C)C)cn4)cc(Cl)n3)CC2)cc1. The minimum atomic E-state index is -3.37. The van der Waals surface area contributed by atoms with Crippen molar-refractivity contribution in [2.45, 2.75) is 30.6 Å². The Bertz CT molecular complexity index is 1250. The van der Waals surface area contributed by atoms with E-state index in [9.17, 15) is 0 Å². The monoisotopic (exact) mass is 556 g/mol. The Balaban J connectivity index is 1.36. The lowest BCUT2D eigenvalue weighted by Crippen LogP contribution is -2.43. The number of unbranched alkanes of at least 4 members (excludes halogenated alkanes) is 1. The second kappa shape index (κ2) is 12.7. The Kier molecular flexibility index (Phi) is 9.35. The van der Waals surface area contributed by atoms with Crippen molar-refractivity contribution in [1.82, 2.24) is 19.3 Å². The summed E-state index contributed by atoms with van der Waals surface area (Å²) in [5.74, 6) is -2.94. The molecule has 0 saturated carbocycles. The van der Waals surface area contributed by atoms with Crippen LogP contribution in [0.5, 0.6) is 0 Å². The Morgan fingerprint density at radius 1 is 1.13 bits per heavy atom. The van der Waals surface area contributed by atoms with Gasteiger partial charge in [0.1, 0.15) is 16.7 Å². The van der Waals surface area contributed by atoms with Crippen molar-refractivity contribution < 1.29 is 8.78 Å². The molecule has 6 nitrogen and oxygen atoms in total. The molecule has 1 aliphatic heterocycles. The standard InChI is InChI=1S/C28H31ClF2N6S/c1-4-5-6-11-32-22-7-9-23(10-8-22)38-37-14-12-36(13-15-37)27-17-21(16-26(29)35-27)28(30,31)25-19-33-24(18-34-25)20(2)3/h4,7-10,16-19,32H,1-2,5-6,11-15H2,3H3. The van der Waals surface area contributed by atoms with Gasteiger partial charge in [-0.15, -0.1) is 6.58 Å². The van der Waals surface area contributed by atoms with Crippen LogP contribution in [0.1, 0.15) is 36.7 Å². The third-order valence-electron chi connectivity index (χ3n) is 6.12. The smallest absolute Gasteiger partial charge is 0.316 e. The predicted octanol–water partition coefficient (Wildman–Crippen LogP) is 6.91. The van der Waals surface area contributed by atoms with Crippen LogP contribution in [-0.4, -0.2) is 52.0 Å². The zero-order valence-electron chi connectivity index (χ0n) is 21.3. The fourth-order valence-corrected chi connectivity index (χ4v) is 5.06. The van der Waals surface area contributed by atoms with Crippen LogP contribution < -0.4 is 10.2 Å². The molecular formula is C28H31ClF2N6S. The van der Waals surface area contributed by atoms with E-state index in [4.69, 9.17) is 11.6 Å². The van der Waals surface area contributed by atoms with Crippen molar-refractivity contribution >= 4 is 40.6 Å². The first-order valence-electron chi connectivity index (χ1n) is 12.4. The average molecular weight is 557 g/mol. The second-order valence-corrected chi connectivity index (χ2v) is 10.6. The number of benzene rings is 1. The van der Waals surface area contributed by atoms with Crippen molar-refractivity contribution in [2.24, 2.45) is 0 Å². The lowest BCUT2D eigenvalue weighted by Gasteiger charge is -2.35. The molecule has 0 unspecified atom stereocenters. The van der Waals surface area contributed by atoms with Crippen molar-refractivity contribution in [3.05, 3.63) is 90.1 Å². The zero-order chi connectivity index (χ0) is 27.1. The first kappa shape index (κ1) is 28.0. The Morgan fingerprint density at radius 3 is 2.50 bits per heavy atom. The van der Waals surface area contributed by atoms with Gasteiger partial charge in [-0.3, -0.25) is 9.97 Å². The summed E-state index contributed by atoms with van der Waals surface area (Å²) in [5.41, 5.74) is 1.51. The lowest BCUT2D eigenvalue weighted by molar-refractivity contribution is 0.0375. The normalized spacial score (nSPS) is 14.4. The molecule has 3 heterocycles. The molecule has 200 valence electrons. The molecule has 0 atom stereocenters. The molecule has 0 aliphatic carbocycles. The maximum absolute atomic E-state index is 15.3. The molecule has 1 aromatic carbocycles. The predicted molar refractivity (Wildman–Crippen MR) is 153 cm³/mol. The molecule has 0 radical (unpaired) electrons. The number of nitrogens with zero attached hydrogens (tertiary/aromatic N) is 5. The number of hydrogen-bond acceptors (Lipinski definition) is 7. The highest BCUT2D eigenvalue weighted by Gasteiger charge is 2.37. The van der Waals surface area contributed by atoms with Crippen LogP contribution in [0.3, 0.4) is 0 Å². The van der Waals surface area contributed by atoms with Crippen LogP contribution in [0.25, 0.3) is 5.57 Å². The van der Waals surface area contributed by atoms with E-state index < -0.39 is 11.6 Å². The summed E-state index contributed by atoms with van der Waals surface area (Å²) in [7, 11) is 0. The van der Waals surface area contributed by atoms with Crippen molar-refractivity contribution in [2.75, 3.05) is 42.9 Å². The molecule has 4 rings (SSSR count). The Hall–Kier alpha value is -3.01. The molecule has 2 aromatic heterocycles. The van der Waals surface area contributed by atoms with E-state index in [1.165, 1.54) is 18.3 Å². The average Bonchev–Trinajstić information content (AvgIpc) is 2.92. The van der Waals surface area contributed by atoms with E-state index in [2.05, 4.69) is 62.0 Å². The number of pyridine rings is 1. The molecule has 1 aliphatic rings. The van der Waals surface area contributed by atoms with Crippen molar-refractivity contribution in [1.29, 1.82) is 0 Å². The minimum Gasteiger partial charge on any atom is -0.385 e. The van der Waals surface area contributed by atoms with Crippen LogP contribution in [0, 0.1) is 0 Å². The van der Waals surface area contributed by atoms with Gasteiger partial charge in [-0.05, 0) is 73.7 Å². The number of nitrogens with one attached hydrogen (secondary N) is 1. The lowest BCUT2D eigenvalue weighted by atomic mass is 10.1. The third kappa shape index (κ3) is 7.09. The van der Waals surface area contributed by atoms with Crippen LogP contribution in [0.15, 0.2) is 72.9 Å². The van der Waals surface area contributed by atoms with Gasteiger partial charge >= 0.3 is 5.92 Å². The van der Waals surface area contributed by atoms with Gasteiger partial charge < -0.3 is 10.2 Å². The first-order chi connectivity index (χ1) is 18.3. The number of piperazine rings is 1. The molecule has 1 N–H and O–H groups in total. The number of allylic oxidation sites excluding steroid dienone is 2. The number of anilines is 2. The van der Waals surface area contributed by atoms with Gasteiger partial charge in [0.05, 0.1) is 18.1 Å². The molecule has 10 heteroatoms. The fraction of sp³-hybridized carbons (Fsp3) is 0.321. The summed E-state index contributed by atoms with van der Waals surface area (Å²) < 4.78 is 32.9. The minimum absolute atomic E-state index is 0.0127. The van der Waals surface area contributed by atoms with E-state index in [1.807, 2.05) is 11.0 Å². The van der Waals surface area contributed by atoms with Crippen LogP contribution in [-0.2, 0) is 5.92 Å². The second-order valence-electron chi connectivity index (χ2n) is 9.07. The number of halogens is 3. The van der Waals surface area contributed by atoms with Crippen LogP contribution in [0.4, 0.5) is 20.3 Å². The first-order valence-corrected chi connectivity index (χ1v) is 13.6. The number of rotatable bonds is 11. The largest absolute Gasteiger partial charge is 0.385 e. The summed E-state index contributed by atoms with van der Waals surface area (Å²) in [4.78, 5) is 15.4. The van der Waals surface area contributed by atoms with Gasteiger partial charge in [-0.1, -0.05) is 24.3 Å². The van der Waals surface area contributed by atoms with Crippen LogP contribution >= 0.6 is 23.5 Å². The van der Waals surface area contributed by atoms with Gasteiger partial charge in [0.15, 0.2) is 0 Å². The zero-order valence-corrected chi connectivity index (χ0v) is 22.9. The molecular weight excluding hydrogens is 526 g/mol. The molecule has 0 bridgehead atoms. The maximum Gasteiger partial charge on any atom is 0.316 e. The molecule has 38 heavy (non-hydrogen) atoms. The highest BCUT2D eigenvalue weighted by atomic mass is 35.5. The highest BCUT2D eigenvalue weighted by Crippen LogP contribution is 2.37. The summed E-state index contributed by atoms with van der Waals surface area (Å²) in [6.45, 7) is 13.0. The van der Waals surface area contributed by atoms with Gasteiger partial charge in [-0.2, -0.15) is 8.78 Å². The number of hydrogen-bond donors (Lipinski definition) is 1. The van der Waals surface area contributed by atoms with E-state index in [0.29, 0.717) is 30.2 Å². The van der Waals surface area contributed by atoms with Crippen LogP contribution in [0.2, 0.25) is 5.15 Å². The molecule has 1 fully saturated rings. The van der Waals surface area contributed by atoms with Gasteiger partial charge in [-0.25, -0.2) is 9.29 Å². The van der Waals surface area contributed by atoms with E-state index >= 15 is 8.78 Å². The molecule has 0 amide bonds. The Morgan fingerprint density at radius 2 is 1.87 bits per heavy atom. The highest BCUT2D eigenvalue weighted by molar-refractivity contribution is 7.97. The van der Waals surface area contributed by atoms with Gasteiger partial charge in [0.2, 0.25) is 0 Å².